The minimum atomic E-state index is 0.0772. The Hall–Kier alpha value is -1.05. The Morgan fingerprint density at radius 3 is 2.82 bits per heavy atom. The summed E-state index contributed by atoms with van der Waals surface area (Å²) in [6, 6.07) is 2.20. The van der Waals surface area contributed by atoms with Crippen molar-refractivity contribution in [3.05, 3.63) is 16.0 Å². The van der Waals surface area contributed by atoms with Gasteiger partial charge >= 0.3 is 0 Å². The van der Waals surface area contributed by atoms with Gasteiger partial charge in [-0.1, -0.05) is 0 Å². The van der Waals surface area contributed by atoms with E-state index in [1.165, 1.54) is 11.3 Å². The van der Waals surface area contributed by atoms with Crippen molar-refractivity contribution < 1.29 is 4.79 Å². The quantitative estimate of drug-likeness (QED) is 0.774. The van der Waals surface area contributed by atoms with Crippen LogP contribution in [-0.4, -0.2) is 18.3 Å². The van der Waals surface area contributed by atoms with Crippen molar-refractivity contribution >= 4 is 33.8 Å². The van der Waals surface area contributed by atoms with Crippen molar-refractivity contribution in [1.82, 2.24) is 0 Å². The monoisotopic (exact) mass is 268 g/mol. The number of amides is 1. The summed E-state index contributed by atoms with van der Waals surface area (Å²) in [6.07, 6.45) is 0.490. The average molecular weight is 269 g/mol. The van der Waals surface area contributed by atoms with Crippen LogP contribution in [0.4, 0.5) is 5.00 Å². The summed E-state index contributed by atoms with van der Waals surface area (Å²) >= 11 is 7.31. The van der Waals surface area contributed by atoms with Gasteiger partial charge in [-0.2, -0.15) is 5.26 Å². The molecule has 1 aliphatic rings. The maximum atomic E-state index is 11.9. The highest BCUT2D eigenvalue weighted by atomic mass is 35.5. The molecular formula is C12H13ClN2OS. The maximum Gasteiger partial charge on any atom is 0.228 e. The van der Waals surface area contributed by atoms with Gasteiger partial charge in [0.2, 0.25) is 5.91 Å². The molecule has 0 radical (unpaired) electrons. The van der Waals surface area contributed by atoms with Gasteiger partial charge < -0.3 is 4.90 Å². The topological polar surface area (TPSA) is 44.1 Å². The fourth-order valence-corrected chi connectivity index (χ4v) is 3.35. The molecule has 1 fully saturated rings. The second kappa shape index (κ2) is 4.67. The molecule has 2 rings (SSSR count). The van der Waals surface area contributed by atoms with E-state index in [4.69, 9.17) is 11.6 Å². The first-order valence-electron chi connectivity index (χ1n) is 5.44. The number of aryl methyl sites for hydroxylation is 1. The Morgan fingerprint density at radius 1 is 1.59 bits per heavy atom. The van der Waals surface area contributed by atoms with Gasteiger partial charge in [-0.15, -0.1) is 22.9 Å². The standard InChI is InChI=1S/C12H13ClN2OS/c1-7-8(2)17-12(10(7)5-14)15-6-9(4-13)3-11(15)16/h9H,3-4,6H2,1-2H3. The summed E-state index contributed by atoms with van der Waals surface area (Å²) in [5.41, 5.74) is 1.62. The number of hydrogen-bond acceptors (Lipinski definition) is 3. The smallest absolute Gasteiger partial charge is 0.228 e. The third-order valence-electron chi connectivity index (χ3n) is 3.15. The molecule has 0 N–H and O–H groups in total. The van der Waals surface area contributed by atoms with Gasteiger partial charge in [-0.05, 0) is 25.3 Å². The van der Waals surface area contributed by atoms with Crippen LogP contribution >= 0.6 is 22.9 Å². The maximum absolute atomic E-state index is 11.9. The highest BCUT2D eigenvalue weighted by Crippen LogP contribution is 2.37. The Labute approximate surface area is 110 Å². The number of carbonyl (C=O) groups is 1. The number of thiophene rings is 1. The van der Waals surface area contributed by atoms with E-state index in [0.29, 0.717) is 24.4 Å². The average Bonchev–Trinajstić information content (AvgIpc) is 2.81. The Balaban J connectivity index is 2.39. The van der Waals surface area contributed by atoms with Gasteiger partial charge in [0.05, 0.1) is 5.56 Å². The molecular weight excluding hydrogens is 256 g/mol. The first-order chi connectivity index (χ1) is 8.08. The molecule has 1 aromatic rings. The van der Waals surface area contributed by atoms with Crippen molar-refractivity contribution in [3.63, 3.8) is 0 Å². The zero-order valence-electron chi connectivity index (χ0n) is 9.79. The van der Waals surface area contributed by atoms with Crippen LogP contribution in [0.5, 0.6) is 0 Å². The van der Waals surface area contributed by atoms with Crippen LogP contribution in [0.25, 0.3) is 0 Å². The van der Waals surface area contributed by atoms with E-state index in [1.54, 1.807) is 4.90 Å². The molecule has 3 nitrogen and oxygen atoms in total. The summed E-state index contributed by atoms with van der Waals surface area (Å²) in [6.45, 7) is 4.54. The predicted molar refractivity (Wildman–Crippen MR) is 69.7 cm³/mol. The number of anilines is 1. The predicted octanol–water partition coefficient (Wildman–Crippen LogP) is 2.83. The molecule has 1 amide bonds. The molecule has 1 atom stereocenters. The molecule has 1 aromatic heterocycles. The second-order valence-corrected chi connectivity index (χ2v) is 5.82. The minimum absolute atomic E-state index is 0.0772. The van der Waals surface area contributed by atoms with Crippen molar-refractivity contribution in [2.45, 2.75) is 20.3 Å². The van der Waals surface area contributed by atoms with E-state index in [-0.39, 0.29) is 11.8 Å². The van der Waals surface area contributed by atoms with Gasteiger partial charge in [0, 0.05) is 23.7 Å². The van der Waals surface area contributed by atoms with Crippen LogP contribution in [0.3, 0.4) is 0 Å². The van der Waals surface area contributed by atoms with E-state index < -0.39 is 0 Å². The molecule has 5 heteroatoms. The fraction of sp³-hybridized carbons (Fsp3) is 0.500. The van der Waals surface area contributed by atoms with E-state index >= 15 is 0 Å². The third-order valence-corrected chi connectivity index (χ3v) is 4.81. The van der Waals surface area contributed by atoms with E-state index in [1.807, 2.05) is 13.8 Å². The second-order valence-electron chi connectivity index (χ2n) is 4.30. The highest BCUT2D eigenvalue weighted by Gasteiger charge is 2.33. The van der Waals surface area contributed by atoms with Crippen LogP contribution < -0.4 is 4.90 Å². The number of alkyl halides is 1. The summed E-state index contributed by atoms with van der Waals surface area (Å²) in [5.74, 6) is 0.778. The van der Waals surface area contributed by atoms with Crippen LogP contribution in [0.2, 0.25) is 0 Å². The summed E-state index contributed by atoms with van der Waals surface area (Å²) in [5, 5.41) is 9.97. The Bertz CT molecular complexity index is 503. The number of rotatable bonds is 2. The molecule has 0 spiro atoms. The number of hydrogen-bond donors (Lipinski definition) is 0. The van der Waals surface area contributed by atoms with Crippen molar-refractivity contribution in [1.29, 1.82) is 5.26 Å². The normalized spacial score (nSPS) is 19.8. The molecule has 1 unspecified atom stereocenters. The molecule has 90 valence electrons. The van der Waals surface area contributed by atoms with Gasteiger partial charge in [0.1, 0.15) is 11.1 Å². The molecule has 17 heavy (non-hydrogen) atoms. The SMILES string of the molecule is Cc1sc(N2CC(CCl)CC2=O)c(C#N)c1C. The zero-order valence-corrected chi connectivity index (χ0v) is 11.4. The first kappa shape index (κ1) is 12.4. The summed E-state index contributed by atoms with van der Waals surface area (Å²) < 4.78 is 0. The molecule has 0 aromatic carbocycles. The van der Waals surface area contributed by atoms with Crippen molar-refractivity contribution in [2.24, 2.45) is 5.92 Å². The molecule has 0 bridgehead atoms. The first-order valence-corrected chi connectivity index (χ1v) is 6.80. The lowest BCUT2D eigenvalue weighted by atomic mass is 10.1. The molecule has 0 saturated carbocycles. The Kier molecular flexibility index (Phi) is 3.41. The lowest BCUT2D eigenvalue weighted by Gasteiger charge is -2.14. The van der Waals surface area contributed by atoms with Gasteiger partial charge in [-0.25, -0.2) is 0 Å². The Morgan fingerprint density at radius 2 is 2.29 bits per heavy atom. The highest BCUT2D eigenvalue weighted by molar-refractivity contribution is 7.16. The molecule has 1 aliphatic heterocycles. The molecule has 0 aliphatic carbocycles. The van der Waals surface area contributed by atoms with E-state index in [0.717, 1.165) is 15.4 Å². The van der Waals surface area contributed by atoms with Gasteiger partial charge in [0.15, 0.2) is 0 Å². The number of nitrogens with zero attached hydrogens (tertiary/aromatic N) is 2. The van der Waals surface area contributed by atoms with Crippen LogP contribution in [0, 0.1) is 31.1 Å². The lowest BCUT2D eigenvalue weighted by Crippen LogP contribution is -2.24. The van der Waals surface area contributed by atoms with Crippen molar-refractivity contribution in [3.8, 4) is 6.07 Å². The minimum Gasteiger partial charge on any atom is -0.302 e. The lowest BCUT2D eigenvalue weighted by molar-refractivity contribution is -0.117. The number of halogens is 1. The zero-order chi connectivity index (χ0) is 12.6. The van der Waals surface area contributed by atoms with Crippen LogP contribution in [-0.2, 0) is 4.79 Å². The van der Waals surface area contributed by atoms with Crippen molar-refractivity contribution in [2.75, 3.05) is 17.3 Å². The van der Waals surface area contributed by atoms with Crippen LogP contribution in [0.1, 0.15) is 22.4 Å². The number of nitriles is 1. The van der Waals surface area contributed by atoms with Gasteiger partial charge in [0.25, 0.3) is 0 Å². The molecule has 1 saturated heterocycles. The van der Waals surface area contributed by atoms with Gasteiger partial charge in [-0.3, -0.25) is 4.79 Å². The van der Waals surface area contributed by atoms with E-state index in [9.17, 15) is 10.1 Å². The fourth-order valence-electron chi connectivity index (χ4n) is 2.01. The summed E-state index contributed by atoms with van der Waals surface area (Å²) in [7, 11) is 0. The number of carbonyl (C=O) groups excluding carboxylic acids is 1. The summed E-state index contributed by atoms with van der Waals surface area (Å²) in [4.78, 5) is 14.7. The van der Waals surface area contributed by atoms with Crippen LogP contribution in [0.15, 0.2) is 0 Å². The van der Waals surface area contributed by atoms with E-state index in [2.05, 4.69) is 6.07 Å². The largest absolute Gasteiger partial charge is 0.302 e. The third kappa shape index (κ3) is 2.05. The molecule has 2 heterocycles.